The predicted octanol–water partition coefficient (Wildman–Crippen LogP) is 2.41. The summed E-state index contributed by atoms with van der Waals surface area (Å²) in [4.78, 5) is 12.7. The van der Waals surface area contributed by atoms with Gasteiger partial charge in [-0.2, -0.15) is 4.31 Å². The van der Waals surface area contributed by atoms with Crippen molar-refractivity contribution in [1.29, 1.82) is 0 Å². The zero-order valence-corrected chi connectivity index (χ0v) is 16.2. The van der Waals surface area contributed by atoms with E-state index in [1.54, 1.807) is 42.5 Å². The summed E-state index contributed by atoms with van der Waals surface area (Å²) >= 11 is 0. The van der Waals surface area contributed by atoms with Crippen LogP contribution in [0.5, 0.6) is 0 Å². The number of sulfonamides is 1. The van der Waals surface area contributed by atoms with E-state index >= 15 is 0 Å². The SMILES string of the molecule is Cc1ccc(N)cc1C(=O)NCC1CCN(S(=O)(=O)c2ccccc2)CC1. The van der Waals surface area contributed by atoms with Crippen LogP contribution in [0.2, 0.25) is 0 Å². The lowest BCUT2D eigenvalue weighted by atomic mass is 9.98. The van der Waals surface area contributed by atoms with Gasteiger partial charge in [-0.3, -0.25) is 4.79 Å². The third-order valence-corrected chi connectivity index (χ3v) is 6.92. The van der Waals surface area contributed by atoms with E-state index < -0.39 is 10.0 Å². The smallest absolute Gasteiger partial charge is 0.251 e. The highest BCUT2D eigenvalue weighted by molar-refractivity contribution is 7.89. The van der Waals surface area contributed by atoms with Crippen molar-refractivity contribution in [3.05, 3.63) is 59.7 Å². The van der Waals surface area contributed by atoms with Gasteiger partial charge in [0.2, 0.25) is 10.0 Å². The maximum Gasteiger partial charge on any atom is 0.251 e. The summed E-state index contributed by atoms with van der Waals surface area (Å²) in [6.45, 7) is 3.34. The number of nitrogen functional groups attached to an aromatic ring is 1. The van der Waals surface area contributed by atoms with Crippen LogP contribution < -0.4 is 11.1 Å². The first kappa shape index (κ1) is 19.4. The van der Waals surface area contributed by atoms with Gasteiger partial charge < -0.3 is 11.1 Å². The van der Waals surface area contributed by atoms with E-state index in [0.29, 0.717) is 35.8 Å². The number of nitrogens with one attached hydrogen (secondary N) is 1. The number of rotatable bonds is 5. The summed E-state index contributed by atoms with van der Waals surface area (Å²) in [7, 11) is -3.44. The van der Waals surface area contributed by atoms with Crippen LogP contribution in [0.4, 0.5) is 5.69 Å². The average Bonchev–Trinajstić information content (AvgIpc) is 2.69. The normalized spacial score (nSPS) is 16.2. The standard InChI is InChI=1S/C20H25N3O3S/c1-15-7-8-17(21)13-19(15)20(24)22-14-16-9-11-23(12-10-16)27(25,26)18-5-3-2-4-6-18/h2-8,13,16H,9-12,14,21H2,1H3,(H,22,24). The number of aryl methyl sites for hydroxylation is 1. The lowest BCUT2D eigenvalue weighted by molar-refractivity contribution is 0.0941. The molecule has 1 aliphatic rings. The maximum atomic E-state index is 12.7. The van der Waals surface area contributed by atoms with Gasteiger partial charge in [0.05, 0.1) is 4.90 Å². The molecule has 1 amide bonds. The van der Waals surface area contributed by atoms with Gasteiger partial charge >= 0.3 is 0 Å². The van der Waals surface area contributed by atoms with E-state index in [1.807, 2.05) is 13.0 Å². The number of hydrogen-bond acceptors (Lipinski definition) is 4. The summed E-state index contributed by atoms with van der Waals surface area (Å²) in [6.07, 6.45) is 1.45. The molecule has 1 saturated heterocycles. The van der Waals surface area contributed by atoms with Gasteiger partial charge in [-0.15, -0.1) is 0 Å². The van der Waals surface area contributed by atoms with Crippen molar-refractivity contribution in [2.24, 2.45) is 5.92 Å². The number of carbonyl (C=O) groups is 1. The van der Waals surface area contributed by atoms with Crippen LogP contribution >= 0.6 is 0 Å². The van der Waals surface area contributed by atoms with Crippen LogP contribution in [-0.2, 0) is 10.0 Å². The van der Waals surface area contributed by atoms with E-state index in [-0.39, 0.29) is 11.8 Å². The summed E-state index contributed by atoms with van der Waals surface area (Å²) in [5.74, 6) is 0.122. The quantitative estimate of drug-likeness (QED) is 0.771. The molecule has 1 fully saturated rings. The number of nitrogens with two attached hydrogens (primary N) is 1. The molecule has 0 saturated carbocycles. The van der Waals surface area contributed by atoms with Crippen LogP contribution in [-0.4, -0.2) is 38.3 Å². The maximum absolute atomic E-state index is 12.7. The Morgan fingerprint density at radius 1 is 1.15 bits per heavy atom. The molecule has 27 heavy (non-hydrogen) atoms. The fourth-order valence-corrected chi connectivity index (χ4v) is 4.80. The minimum Gasteiger partial charge on any atom is -0.399 e. The van der Waals surface area contributed by atoms with Crippen molar-refractivity contribution < 1.29 is 13.2 Å². The molecule has 0 atom stereocenters. The van der Waals surface area contributed by atoms with E-state index in [4.69, 9.17) is 5.73 Å². The van der Waals surface area contributed by atoms with Crippen molar-refractivity contribution in [1.82, 2.24) is 9.62 Å². The Morgan fingerprint density at radius 3 is 2.48 bits per heavy atom. The Labute approximate surface area is 160 Å². The van der Waals surface area contributed by atoms with Crippen molar-refractivity contribution in [2.45, 2.75) is 24.7 Å². The van der Waals surface area contributed by atoms with E-state index in [0.717, 1.165) is 18.4 Å². The highest BCUT2D eigenvalue weighted by Gasteiger charge is 2.29. The monoisotopic (exact) mass is 387 g/mol. The number of carbonyl (C=O) groups excluding carboxylic acids is 1. The molecule has 0 bridgehead atoms. The number of nitrogens with zero attached hydrogens (tertiary/aromatic N) is 1. The van der Waals surface area contributed by atoms with E-state index in [2.05, 4.69) is 5.32 Å². The van der Waals surface area contributed by atoms with Crippen molar-refractivity contribution in [3.63, 3.8) is 0 Å². The Balaban J connectivity index is 1.54. The lowest BCUT2D eigenvalue weighted by Crippen LogP contribution is -2.41. The Kier molecular flexibility index (Phi) is 5.82. The Morgan fingerprint density at radius 2 is 1.81 bits per heavy atom. The fraction of sp³-hybridized carbons (Fsp3) is 0.350. The molecule has 3 N–H and O–H groups in total. The number of anilines is 1. The van der Waals surface area contributed by atoms with Gasteiger partial charge in [-0.25, -0.2) is 8.42 Å². The second kappa shape index (κ2) is 8.10. The van der Waals surface area contributed by atoms with Gasteiger partial charge in [0.25, 0.3) is 5.91 Å². The van der Waals surface area contributed by atoms with Gasteiger partial charge in [0.15, 0.2) is 0 Å². The molecule has 6 nitrogen and oxygen atoms in total. The average molecular weight is 388 g/mol. The van der Waals surface area contributed by atoms with Crippen molar-refractivity contribution >= 4 is 21.6 Å². The van der Waals surface area contributed by atoms with E-state index in [1.165, 1.54) is 4.31 Å². The van der Waals surface area contributed by atoms with Crippen molar-refractivity contribution in [2.75, 3.05) is 25.4 Å². The molecular weight excluding hydrogens is 362 g/mol. The van der Waals surface area contributed by atoms with Gasteiger partial charge in [0, 0.05) is 30.9 Å². The highest BCUT2D eigenvalue weighted by Crippen LogP contribution is 2.23. The predicted molar refractivity (Wildman–Crippen MR) is 106 cm³/mol. The Hall–Kier alpha value is -2.38. The number of piperidine rings is 1. The second-order valence-corrected chi connectivity index (χ2v) is 8.88. The molecule has 1 heterocycles. The first-order valence-corrected chi connectivity index (χ1v) is 10.5. The largest absolute Gasteiger partial charge is 0.399 e. The molecule has 0 aromatic heterocycles. The van der Waals surface area contributed by atoms with Crippen molar-refractivity contribution in [3.8, 4) is 0 Å². The van der Waals surface area contributed by atoms with Crippen LogP contribution in [0, 0.1) is 12.8 Å². The molecule has 144 valence electrons. The molecular formula is C20H25N3O3S. The molecule has 0 spiro atoms. The number of hydrogen-bond donors (Lipinski definition) is 2. The molecule has 3 rings (SSSR count). The van der Waals surface area contributed by atoms with Gasteiger partial charge in [-0.1, -0.05) is 24.3 Å². The highest BCUT2D eigenvalue weighted by atomic mass is 32.2. The molecule has 0 unspecified atom stereocenters. The third-order valence-electron chi connectivity index (χ3n) is 5.01. The first-order valence-electron chi connectivity index (χ1n) is 9.07. The molecule has 2 aromatic carbocycles. The minimum absolute atomic E-state index is 0.140. The van der Waals surface area contributed by atoms with Crippen LogP contribution in [0.1, 0.15) is 28.8 Å². The first-order chi connectivity index (χ1) is 12.9. The third kappa shape index (κ3) is 4.48. The number of amides is 1. The fourth-order valence-electron chi connectivity index (χ4n) is 3.31. The van der Waals surface area contributed by atoms with Gasteiger partial charge in [-0.05, 0) is 55.5 Å². The lowest BCUT2D eigenvalue weighted by Gasteiger charge is -2.31. The second-order valence-electron chi connectivity index (χ2n) is 6.94. The summed E-state index contributed by atoms with van der Waals surface area (Å²) < 4.78 is 26.8. The van der Waals surface area contributed by atoms with Crippen LogP contribution in [0.15, 0.2) is 53.4 Å². The summed E-state index contributed by atoms with van der Waals surface area (Å²) in [6, 6.07) is 13.8. The molecule has 0 aliphatic carbocycles. The van der Waals surface area contributed by atoms with Gasteiger partial charge in [0.1, 0.15) is 0 Å². The van der Waals surface area contributed by atoms with Crippen LogP contribution in [0.3, 0.4) is 0 Å². The summed E-state index contributed by atoms with van der Waals surface area (Å²) in [5.41, 5.74) is 7.79. The Bertz CT molecular complexity index is 905. The molecule has 2 aromatic rings. The molecule has 0 radical (unpaired) electrons. The van der Waals surface area contributed by atoms with E-state index in [9.17, 15) is 13.2 Å². The zero-order valence-electron chi connectivity index (χ0n) is 15.4. The minimum atomic E-state index is -3.44. The molecule has 1 aliphatic heterocycles. The zero-order chi connectivity index (χ0) is 19.4. The molecule has 7 heteroatoms. The number of benzene rings is 2. The summed E-state index contributed by atoms with van der Waals surface area (Å²) in [5, 5.41) is 2.96. The topological polar surface area (TPSA) is 92.5 Å². The van der Waals surface area contributed by atoms with Crippen LogP contribution in [0.25, 0.3) is 0 Å².